The number of aryl methyl sites for hydroxylation is 1. The van der Waals surface area contributed by atoms with E-state index in [1.165, 1.54) is 30.4 Å². The molecule has 1 atom stereocenters. The third-order valence-corrected chi connectivity index (χ3v) is 6.34. The minimum atomic E-state index is -3.54. The van der Waals surface area contributed by atoms with Gasteiger partial charge in [-0.2, -0.15) is 4.98 Å². The number of aromatic nitrogens is 3. The van der Waals surface area contributed by atoms with E-state index >= 15 is 0 Å². The maximum Gasteiger partial charge on any atom is 0.244 e. The predicted molar refractivity (Wildman–Crippen MR) is 87.6 cm³/mol. The van der Waals surface area contributed by atoms with E-state index in [2.05, 4.69) is 15.1 Å². The van der Waals surface area contributed by atoms with Gasteiger partial charge in [0.2, 0.25) is 5.89 Å². The largest absolute Gasteiger partial charge is 0.338 e. The molecule has 0 radical (unpaired) electrons. The van der Waals surface area contributed by atoms with Crippen molar-refractivity contribution in [3.8, 4) is 10.6 Å². The van der Waals surface area contributed by atoms with Crippen molar-refractivity contribution in [1.29, 1.82) is 0 Å². The van der Waals surface area contributed by atoms with Gasteiger partial charge in [-0.05, 0) is 38.1 Å². The summed E-state index contributed by atoms with van der Waals surface area (Å²) in [7, 11) is -3.54. The van der Waals surface area contributed by atoms with Crippen molar-refractivity contribution >= 4 is 21.2 Å². The topological polar surface area (TPSA) is 86.0 Å². The Labute approximate surface area is 142 Å². The number of benzene rings is 1. The summed E-state index contributed by atoms with van der Waals surface area (Å²) in [6.07, 6.45) is 0. The lowest BCUT2D eigenvalue weighted by Crippen LogP contribution is -2.13. The molecule has 3 rings (SSSR count). The van der Waals surface area contributed by atoms with Crippen molar-refractivity contribution in [3.05, 3.63) is 52.9 Å². The van der Waals surface area contributed by atoms with Gasteiger partial charge in [-0.25, -0.2) is 17.8 Å². The van der Waals surface area contributed by atoms with Crippen LogP contribution in [0.2, 0.25) is 0 Å². The van der Waals surface area contributed by atoms with Gasteiger partial charge in [0.25, 0.3) is 0 Å². The highest BCUT2D eigenvalue weighted by Gasteiger charge is 2.28. The zero-order chi connectivity index (χ0) is 17.3. The molecule has 0 saturated carbocycles. The molecule has 1 aromatic carbocycles. The average Bonchev–Trinajstić information content (AvgIpc) is 3.16. The molecule has 0 spiro atoms. The molecule has 0 unspecified atom stereocenters. The van der Waals surface area contributed by atoms with Gasteiger partial charge in [-0.3, -0.25) is 0 Å². The van der Waals surface area contributed by atoms with Crippen molar-refractivity contribution < 1.29 is 17.3 Å². The normalized spacial score (nSPS) is 13.1. The molecule has 2 heterocycles. The zero-order valence-electron chi connectivity index (χ0n) is 12.9. The second-order valence-corrected chi connectivity index (χ2v) is 8.46. The monoisotopic (exact) mass is 367 g/mol. The molecule has 0 N–H and O–H groups in total. The van der Waals surface area contributed by atoms with Crippen molar-refractivity contribution in [3.63, 3.8) is 0 Å². The number of thiazole rings is 1. The van der Waals surface area contributed by atoms with Gasteiger partial charge >= 0.3 is 0 Å². The number of rotatable bonds is 5. The lowest BCUT2D eigenvalue weighted by Gasteiger charge is -2.07. The van der Waals surface area contributed by atoms with Crippen LogP contribution in [0.1, 0.15) is 29.6 Å². The summed E-state index contributed by atoms with van der Waals surface area (Å²) in [5.74, 6) is -0.101. The molecule has 9 heteroatoms. The van der Waals surface area contributed by atoms with E-state index in [1.807, 2.05) is 0 Å². The lowest BCUT2D eigenvalue weighted by molar-refractivity contribution is 0.373. The maximum atomic E-state index is 13.0. The van der Waals surface area contributed by atoms with Crippen LogP contribution in [-0.4, -0.2) is 23.5 Å². The van der Waals surface area contributed by atoms with E-state index < -0.39 is 15.1 Å². The van der Waals surface area contributed by atoms with Crippen LogP contribution in [0.3, 0.4) is 0 Å². The van der Waals surface area contributed by atoms with Gasteiger partial charge in [-0.1, -0.05) is 5.16 Å². The highest BCUT2D eigenvalue weighted by molar-refractivity contribution is 7.90. The fourth-order valence-electron chi connectivity index (χ4n) is 2.06. The van der Waals surface area contributed by atoms with Crippen LogP contribution in [0.25, 0.3) is 10.6 Å². The van der Waals surface area contributed by atoms with Crippen LogP contribution in [0.5, 0.6) is 0 Å². The predicted octanol–water partition coefficient (Wildman–Crippen LogP) is 3.32. The Kier molecular flexibility index (Phi) is 4.46. The van der Waals surface area contributed by atoms with Crippen LogP contribution in [0, 0.1) is 12.7 Å². The Hall–Kier alpha value is -2.13. The van der Waals surface area contributed by atoms with Crippen LogP contribution < -0.4 is 0 Å². The van der Waals surface area contributed by atoms with Crippen molar-refractivity contribution in [2.45, 2.75) is 24.9 Å². The Morgan fingerprint density at radius 2 is 1.96 bits per heavy atom. The Bertz CT molecular complexity index is 949. The summed E-state index contributed by atoms with van der Waals surface area (Å²) in [5, 5.41) is 5.03. The molecule has 24 heavy (non-hydrogen) atoms. The molecular formula is C15H14FN3O3S2. The quantitative estimate of drug-likeness (QED) is 0.688. The van der Waals surface area contributed by atoms with E-state index in [0.717, 1.165) is 5.56 Å². The first-order chi connectivity index (χ1) is 11.3. The van der Waals surface area contributed by atoms with Crippen LogP contribution in [0.4, 0.5) is 4.39 Å². The molecule has 6 nitrogen and oxygen atoms in total. The number of halogens is 1. The van der Waals surface area contributed by atoms with E-state index in [4.69, 9.17) is 4.52 Å². The van der Waals surface area contributed by atoms with Gasteiger partial charge in [0.15, 0.2) is 15.7 Å². The minimum Gasteiger partial charge on any atom is -0.338 e. The number of hydrogen-bond donors (Lipinski definition) is 0. The van der Waals surface area contributed by atoms with E-state index in [9.17, 15) is 12.8 Å². The minimum absolute atomic E-state index is 0.0708. The summed E-state index contributed by atoms with van der Waals surface area (Å²) in [4.78, 5) is 8.30. The van der Waals surface area contributed by atoms with Crippen LogP contribution >= 0.6 is 11.3 Å². The van der Waals surface area contributed by atoms with Crippen LogP contribution in [0.15, 0.2) is 34.2 Å². The van der Waals surface area contributed by atoms with Gasteiger partial charge in [0.1, 0.15) is 16.1 Å². The zero-order valence-corrected chi connectivity index (χ0v) is 14.6. The van der Waals surface area contributed by atoms with Gasteiger partial charge < -0.3 is 4.52 Å². The molecule has 0 saturated heterocycles. The average molecular weight is 367 g/mol. The maximum absolute atomic E-state index is 13.0. The number of hydrogen-bond acceptors (Lipinski definition) is 7. The number of sulfone groups is 1. The van der Waals surface area contributed by atoms with Gasteiger partial charge in [-0.15, -0.1) is 11.3 Å². The summed E-state index contributed by atoms with van der Waals surface area (Å²) in [6, 6.07) is 5.90. The summed E-state index contributed by atoms with van der Waals surface area (Å²) in [5.41, 5.74) is 1.17. The molecule has 2 aromatic heterocycles. The summed E-state index contributed by atoms with van der Waals surface area (Å²) in [6.45, 7) is 3.14. The van der Waals surface area contributed by atoms with E-state index in [-0.39, 0.29) is 17.5 Å². The molecule has 0 aliphatic heterocycles. The molecule has 0 aliphatic carbocycles. The van der Waals surface area contributed by atoms with E-state index in [1.54, 1.807) is 24.4 Å². The first kappa shape index (κ1) is 16.7. The highest BCUT2D eigenvalue weighted by Crippen LogP contribution is 2.28. The van der Waals surface area contributed by atoms with Crippen LogP contribution in [-0.2, 0) is 15.6 Å². The Balaban J connectivity index is 1.79. The highest BCUT2D eigenvalue weighted by atomic mass is 32.2. The molecule has 0 amide bonds. The third-order valence-electron chi connectivity index (χ3n) is 3.42. The molecular weight excluding hydrogens is 353 g/mol. The van der Waals surface area contributed by atoms with Crippen molar-refractivity contribution in [2.24, 2.45) is 0 Å². The first-order valence-corrected chi connectivity index (χ1v) is 9.67. The molecule has 0 aliphatic rings. The molecule has 126 valence electrons. The molecule has 0 fully saturated rings. The first-order valence-electron chi connectivity index (χ1n) is 7.07. The van der Waals surface area contributed by atoms with Gasteiger partial charge in [0.05, 0.1) is 11.4 Å². The second kappa shape index (κ2) is 6.40. The SMILES string of the molecule is Cc1noc([C@H](C)S(=O)(=O)Cc2csc(-c3ccc(F)cc3)n2)n1. The fourth-order valence-corrected chi connectivity index (χ4v) is 4.21. The Morgan fingerprint density at radius 1 is 1.25 bits per heavy atom. The van der Waals surface area contributed by atoms with Gasteiger partial charge in [0, 0.05) is 10.9 Å². The fraction of sp³-hybridized carbons (Fsp3) is 0.267. The smallest absolute Gasteiger partial charge is 0.244 e. The summed E-state index contributed by atoms with van der Waals surface area (Å²) >= 11 is 1.31. The third kappa shape index (κ3) is 3.51. The molecule has 0 bridgehead atoms. The molecule has 3 aromatic rings. The second-order valence-electron chi connectivity index (χ2n) is 5.28. The Morgan fingerprint density at radius 3 is 2.58 bits per heavy atom. The number of nitrogens with zero attached hydrogens (tertiary/aromatic N) is 3. The van der Waals surface area contributed by atoms with Crippen molar-refractivity contribution in [2.75, 3.05) is 0 Å². The summed E-state index contributed by atoms with van der Waals surface area (Å²) < 4.78 is 42.9. The van der Waals surface area contributed by atoms with Crippen molar-refractivity contribution in [1.82, 2.24) is 15.1 Å². The lowest BCUT2D eigenvalue weighted by atomic mass is 10.2. The standard InChI is InChI=1S/C15H14FN3O3S2/c1-9(14-17-10(2)19-22-14)24(20,21)8-13-7-23-15(18-13)11-3-5-12(16)6-4-11/h3-7,9H,8H2,1-2H3/t9-/m0/s1. The van der Waals surface area contributed by atoms with E-state index in [0.29, 0.717) is 16.5 Å².